The van der Waals surface area contributed by atoms with E-state index in [1.165, 1.54) is 36.4 Å². The molecule has 2 aromatic rings. The van der Waals surface area contributed by atoms with Crippen molar-refractivity contribution in [1.29, 1.82) is 0 Å². The zero-order chi connectivity index (χ0) is 12.3. The lowest BCUT2D eigenvalue weighted by atomic mass is 10.2. The Hall–Kier alpha value is -1.42. The van der Waals surface area contributed by atoms with E-state index in [0.717, 1.165) is 0 Å². The minimum absolute atomic E-state index is 0.238. The Morgan fingerprint density at radius 1 is 0.941 bits per heavy atom. The zero-order valence-electron chi connectivity index (χ0n) is 8.79. The van der Waals surface area contributed by atoms with Crippen LogP contribution in [-0.4, -0.2) is 0 Å². The van der Waals surface area contributed by atoms with Crippen molar-refractivity contribution in [2.24, 2.45) is 0 Å². The topological polar surface area (TPSA) is 9.23 Å². The van der Waals surface area contributed by atoms with Crippen molar-refractivity contribution in [3.8, 4) is 5.75 Å². The Kier molecular flexibility index (Phi) is 3.74. The highest BCUT2D eigenvalue weighted by Gasteiger charge is 2.00. The molecule has 0 radical (unpaired) electrons. The predicted octanol–water partition coefficient (Wildman–Crippen LogP) is 4.31. The van der Waals surface area contributed by atoms with E-state index in [1.54, 1.807) is 6.07 Å². The molecule has 2 rings (SSSR count). The van der Waals surface area contributed by atoms with Crippen LogP contribution in [-0.2, 0) is 6.61 Å². The van der Waals surface area contributed by atoms with Crippen LogP contribution < -0.4 is 4.74 Å². The van der Waals surface area contributed by atoms with Crippen molar-refractivity contribution < 1.29 is 13.5 Å². The van der Waals surface area contributed by atoms with Gasteiger partial charge in [0.05, 0.1) is 0 Å². The molecule has 0 unspecified atom stereocenters. The van der Waals surface area contributed by atoms with Crippen LogP contribution in [0.15, 0.2) is 46.9 Å². The average molecular weight is 299 g/mol. The average Bonchev–Trinajstić information content (AvgIpc) is 2.27. The number of benzene rings is 2. The van der Waals surface area contributed by atoms with E-state index in [-0.39, 0.29) is 18.2 Å². The molecule has 0 spiro atoms. The zero-order valence-corrected chi connectivity index (χ0v) is 10.4. The van der Waals surface area contributed by atoms with Gasteiger partial charge in [-0.15, -0.1) is 0 Å². The molecule has 17 heavy (non-hydrogen) atoms. The van der Waals surface area contributed by atoms with Gasteiger partial charge in [-0.3, -0.25) is 0 Å². The number of hydrogen-bond acceptors (Lipinski definition) is 1. The van der Waals surface area contributed by atoms with E-state index in [9.17, 15) is 8.78 Å². The lowest BCUT2D eigenvalue weighted by molar-refractivity contribution is 0.305. The van der Waals surface area contributed by atoms with Crippen LogP contribution in [0.25, 0.3) is 0 Å². The maximum atomic E-state index is 13.1. The van der Waals surface area contributed by atoms with Gasteiger partial charge >= 0.3 is 0 Å². The Balaban J connectivity index is 2.04. The minimum atomic E-state index is -0.322. The summed E-state index contributed by atoms with van der Waals surface area (Å²) in [6.45, 7) is 0.238. The van der Waals surface area contributed by atoms with Crippen LogP contribution in [0, 0.1) is 11.6 Å². The van der Waals surface area contributed by atoms with Gasteiger partial charge in [0.2, 0.25) is 0 Å². The third kappa shape index (κ3) is 3.53. The molecule has 88 valence electrons. The van der Waals surface area contributed by atoms with Crippen LogP contribution in [0.4, 0.5) is 8.78 Å². The van der Waals surface area contributed by atoms with Crippen molar-refractivity contribution >= 4 is 15.9 Å². The molecule has 0 fully saturated rings. The minimum Gasteiger partial charge on any atom is -0.489 e. The molecule has 0 aliphatic carbocycles. The fraction of sp³-hybridized carbons (Fsp3) is 0.0769. The molecule has 0 bridgehead atoms. The Labute approximate surface area is 106 Å². The largest absolute Gasteiger partial charge is 0.489 e. The highest BCUT2D eigenvalue weighted by atomic mass is 79.9. The first-order chi connectivity index (χ1) is 8.13. The van der Waals surface area contributed by atoms with Gasteiger partial charge in [-0.1, -0.05) is 15.9 Å². The van der Waals surface area contributed by atoms with Crippen molar-refractivity contribution in [3.63, 3.8) is 0 Å². The standard InChI is InChI=1S/C13H9BrF2O/c14-10-5-9(6-12(16)7-10)8-17-13-3-1-11(15)2-4-13/h1-7H,8H2. The molecular weight excluding hydrogens is 290 g/mol. The molecule has 0 N–H and O–H groups in total. The quantitative estimate of drug-likeness (QED) is 0.820. The Morgan fingerprint density at radius 2 is 1.65 bits per heavy atom. The van der Waals surface area contributed by atoms with Crippen LogP contribution in [0.2, 0.25) is 0 Å². The first-order valence-electron chi connectivity index (χ1n) is 4.97. The summed E-state index contributed by atoms with van der Waals surface area (Å²) in [4.78, 5) is 0. The van der Waals surface area contributed by atoms with Crippen molar-refractivity contribution in [2.45, 2.75) is 6.61 Å². The van der Waals surface area contributed by atoms with Gasteiger partial charge in [0.15, 0.2) is 0 Å². The molecule has 1 nitrogen and oxygen atoms in total. The summed E-state index contributed by atoms with van der Waals surface area (Å²) < 4.78 is 31.8. The van der Waals surface area contributed by atoms with Gasteiger partial charge < -0.3 is 4.74 Å². The molecule has 4 heteroatoms. The Bertz CT molecular complexity index is 491. The maximum Gasteiger partial charge on any atom is 0.124 e. The highest BCUT2D eigenvalue weighted by molar-refractivity contribution is 9.10. The smallest absolute Gasteiger partial charge is 0.124 e. The lowest BCUT2D eigenvalue weighted by Gasteiger charge is -2.06. The van der Waals surface area contributed by atoms with Gasteiger partial charge in [0.1, 0.15) is 24.0 Å². The monoisotopic (exact) mass is 298 g/mol. The second-order valence-corrected chi connectivity index (χ2v) is 4.44. The van der Waals surface area contributed by atoms with Gasteiger partial charge in [0, 0.05) is 4.47 Å². The normalized spacial score (nSPS) is 10.3. The Morgan fingerprint density at radius 3 is 2.29 bits per heavy atom. The van der Waals surface area contributed by atoms with Crippen LogP contribution in [0.3, 0.4) is 0 Å². The fourth-order valence-electron chi connectivity index (χ4n) is 1.39. The summed E-state index contributed by atoms with van der Waals surface area (Å²) in [5, 5.41) is 0. The van der Waals surface area contributed by atoms with E-state index in [4.69, 9.17) is 4.74 Å². The van der Waals surface area contributed by atoms with E-state index in [2.05, 4.69) is 15.9 Å². The fourth-order valence-corrected chi connectivity index (χ4v) is 1.90. The second-order valence-electron chi connectivity index (χ2n) is 3.52. The van der Waals surface area contributed by atoms with E-state index >= 15 is 0 Å². The molecule has 0 aromatic heterocycles. The summed E-state index contributed by atoms with van der Waals surface area (Å²) in [6, 6.07) is 10.2. The van der Waals surface area contributed by atoms with Crippen LogP contribution >= 0.6 is 15.9 Å². The third-order valence-electron chi connectivity index (χ3n) is 2.14. The first-order valence-corrected chi connectivity index (χ1v) is 5.76. The summed E-state index contributed by atoms with van der Waals surface area (Å²) in [5.41, 5.74) is 0.709. The SMILES string of the molecule is Fc1ccc(OCc2cc(F)cc(Br)c2)cc1. The molecule has 0 heterocycles. The molecular formula is C13H9BrF2O. The van der Waals surface area contributed by atoms with Gasteiger partial charge in [0.25, 0.3) is 0 Å². The molecule has 0 atom stereocenters. The number of hydrogen-bond donors (Lipinski definition) is 0. The lowest BCUT2D eigenvalue weighted by Crippen LogP contribution is -1.96. The van der Waals surface area contributed by atoms with Gasteiger partial charge in [-0.25, -0.2) is 8.78 Å². The van der Waals surface area contributed by atoms with Crippen molar-refractivity contribution in [2.75, 3.05) is 0 Å². The number of rotatable bonds is 3. The third-order valence-corrected chi connectivity index (χ3v) is 2.60. The number of halogens is 3. The van der Waals surface area contributed by atoms with Crippen LogP contribution in [0.5, 0.6) is 5.75 Å². The molecule has 2 aromatic carbocycles. The van der Waals surface area contributed by atoms with Crippen molar-refractivity contribution in [1.82, 2.24) is 0 Å². The second kappa shape index (κ2) is 5.27. The predicted molar refractivity (Wildman–Crippen MR) is 64.8 cm³/mol. The molecule has 0 aliphatic heterocycles. The summed E-state index contributed by atoms with van der Waals surface area (Å²) in [5.74, 6) is -0.0882. The van der Waals surface area contributed by atoms with Gasteiger partial charge in [-0.05, 0) is 48.0 Å². The van der Waals surface area contributed by atoms with E-state index in [0.29, 0.717) is 15.8 Å². The van der Waals surface area contributed by atoms with Crippen LogP contribution in [0.1, 0.15) is 5.56 Å². The maximum absolute atomic E-state index is 13.1. The van der Waals surface area contributed by atoms with Gasteiger partial charge in [-0.2, -0.15) is 0 Å². The summed E-state index contributed by atoms with van der Waals surface area (Å²) in [6.07, 6.45) is 0. The summed E-state index contributed by atoms with van der Waals surface area (Å²) in [7, 11) is 0. The molecule has 0 saturated heterocycles. The van der Waals surface area contributed by atoms with Crippen molar-refractivity contribution in [3.05, 3.63) is 64.1 Å². The summed E-state index contributed by atoms with van der Waals surface area (Å²) >= 11 is 3.20. The first kappa shape index (κ1) is 12.0. The molecule has 0 amide bonds. The van der Waals surface area contributed by atoms with E-state index < -0.39 is 0 Å². The molecule has 0 aliphatic rings. The molecule has 0 saturated carbocycles. The number of ether oxygens (including phenoxy) is 1. The van der Waals surface area contributed by atoms with E-state index in [1.807, 2.05) is 0 Å². The highest BCUT2D eigenvalue weighted by Crippen LogP contribution is 2.17.